The van der Waals surface area contributed by atoms with E-state index in [0.29, 0.717) is 6.54 Å². The van der Waals surface area contributed by atoms with Gasteiger partial charge < -0.3 is 19.5 Å². The summed E-state index contributed by atoms with van der Waals surface area (Å²) in [4.78, 5) is 13.3. The van der Waals surface area contributed by atoms with Gasteiger partial charge in [0.15, 0.2) is 5.82 Å². The molecule has 108 valence electrons. The van der Waals surface area contributed by atoms with Gasteiger partial charge in [0.25, 0.3) is 0 Å². The molecule has 1 N–H and O–H groups in total. The molecule has 0 aromatic carbocycles. The minimum atomic E-state index is -0.291. The molecule has 0 aliphatic carbocycles. The second-order valence-corrected chi connectivity index (χ2v) is 5.82. The Morgan fingerprint density at radius 2 is 2.20 bits per heavy atom. The van der Waals surface area contributed by atoms with Crippen LogP contribution in [0.1, 0.15) is 6.42 Å². The number of rotatable bonds is 3. The molecule has 0 radical (unpaired) electrons. The molecule has 2 aromatic rings. The minimum Gasteiger partial charge on any atom is -0.391 e. The van der Waals surface area contributed by atoms with Crippen LogP contribution in [0, 0.1) is 0 Å². The van der Waals surface area contributed by atoms with Crippen LogP contribution < -0.4 is 4.90 Å². The van der Waals surface area contributed by atoms with E-state index in [4.69, 9.17) is 0 Å². The van der Waals surface area contributed by atoms with Crippen LogP contribution in [0.5, 0.6) is 0 Å². The summed E-state index contributed by atoms with van der Waals surface area (Å²) in [5, 5.41) is 10.0. The maximum Gasteiger partial charge on any atom is 0.157 e. The average Bonchev–Trinajstić information content (AvgIpc) is 2.93. The maximum absolute atomic E-state index is 10.0. The summed E-state index contributed by atoms with van der Waals surface area (Å²) in [5.74, 6) is 0.881. The largest absolute Gasteiger partial charge is 0.391 e. The fourth-order valence-corrected chi connectivity index (χ4v) is 3.00. The lowest BCUT2D eigenvalue weighted by atomic mass is 10.2. The molecule has 1 aliphatic heterocycles. The number of anilines is 1. The van der Waals surface area contributed by atoms with Crippen LogP contribution in [0.2, 0.25) is 0 Å². The van der Waals surface area contributed by atoms with Gasteiger partial charge in [-0.25, -0.2) is 9.97 Å². The number of aryl methyl sites for hydroxylation is 1. The molecule has 0 amide bonds. The van der Waals surface area contributed by atoms with Gasteiger partial charge in [-0.05, 0) is 26.6 Å². The van der Waals surface area contributed by atoms with E-state index < -0.39 is 0 Å². The third-order valence-corrected chi connectivity index (χ3v) is 3.86. The number of likely N-dealkylation sites (N-methyl/N-ethyl adjacent to an activating group) is 1. The fraction of sp³-hybridized carbons (Fsp3) is 0.571. The molecule has 0 saturated carbocycles. The molecule has 6 nitrogen and oxygen atoms in total. The number of β-amino-alcohol motifs (C(OH)–C–C–N with tert-alkyl or cyclic N) is 1. The molecule has 2 aromatic heterocycles. The SMILES string of the molecule is CN(C)CC1CC(O)CN1c1nccc2c1ncn2C. The summed E-state index contributed by atoms with van der Waals surface area (Å²) in [5.41, 5.74) is 1.98. The van der Waals surface area contributed by atoms with E-state index >= 15 is 0 Å². The van der Waals surface area contributed by atoms with Crippen molar-refractivity contribution >= 4 is 16.9 Å². The highest BCUT2D eigenvalue weighted by Gasteiger charge is 2.33. The van der Waals surface area contributed by atoms with Gasteiger partial charge in [0.1, 0.15) is 5.52 Å². The minimum absolute atomic E-state index is 0.278. The van der Waals surface area contributed by atoms with Gasteiger partial charge >= 0.3 is 0 Å². The normalized spacial score (nSPS) is 23.1. The molecule has 20 heavy (non-hydrogen) atoms. The predicted molar refractivity (Wildman–Crippen MR) is 78.8 cm³/mol. The summed E-state index contributed by atoms with van der Waals surface area (Å²) >= 11 is 0. The zero-order valence-corrected chi connectivity index (χ0v) is 12.2. The second-order valence-electron chi connectivity index (χ2n) is 5.82. The van der Waals surface area contributed by atoms with Gasteiger partial charge in [-0.2, -0.15) is 0 Å². The zero-order chi connectivity index (χ0) is 14.3. The number of hydrogen-bond donors (Lipinski definition) is 1. The van der Waals surface area contributed by atoms with Crippen LogP contribution in [0.3, 0.4) is 0 Å². The van der Waals surface area contributed by atoms with Crippen LogP contribution in [-0.2, 0) is 7.05 Å². The first-order chi connectivity index (χ1) is 9.56. The van der Waals surface area contributed by atoms with Crippen LogP contribution in [0.25, 0.3) is 11.0 Å². The van der Waals surface area contributed by atoms with Gasteiger partial charge in [0.2, 0.25) is 0 Å². The van der Waals surface area contributed by atoms with E-state index in [1.54, 1.807) is 0 Å². The summed E-state index contributed by atoms with van der Waals surface area (Å²) in [6.45, 7) is 1.53. The highest BCUT2D eigenvalue weighted by molar-refractivity contribution is 5.86. The molecular weight excluding hydrogens is 254 g/mol. The average molecular weight is 275 g/mol. The number of pyridine rings is 1. The first-order valence-corrected chi connectivity index (χ1v) is 6.91. The molecule has 0 spiro atoms. The zero-order valence-electron chi connectivity index (χ0n) is 12.2. The lowest BCUT2D eigenvalue weighted by Gasteiger charge is -2.27. The Morgan fingerprint density at radius 3 is 2.95 bits per heavy atom. The summed E-state index contributed by atoms with van der Waals surface area (Å²) in [6, 6.07) is 2.25. The van der Waals surface area contributed by atoms with Crippen LogP contribution in [0.15, 0.2) is 18.6 Å². The lowest BCUT2D eigenvalue weighted by Crippen LogP contribution is -2.38. The molecule has 3 rings (SSSR count). The van der Waals surface area contributed by atoms with Crippen molar-refractivity contribution in [3.05, 3.63) is 18.6 Å². The summed E-state index contributed by atoms with van der Waals surface area (Å²) in [6.07, 6.45) is 4.11. The number of hydrogen-bond acceptors (Lipinski definition) is 5. The Bertz CT molecular complexity index is 609. The van der Waals surface area contributed by atoms with Crippen molar-refractivity contribution in [2.45, 2.75) is 18.6 Å². The molecule has 0 bridgehead atoms. The molecule has 2 unspecified atom stereocenters. The van der Waals surface area contributed by atoms with E-state index in [1.165, 1.54) is 0 Å². The third kappa shape index (κ3) is 2.25. The van der Waals surface area contributed by atoms with Crippen molar-refractivity contribution in [1.82, 2.24) is 19.4 Å². The number of imidazole rings is 1. The van der Waals surface area contributed by atoms with Gasteiger partial charge in [-0.15, -0.1) is 0 Å². The van der Waals surface area contributed by atoms with E-state index in [-0.39, 0.29) is 12.1 Å². The second kappa shape index (κ2) is 5.03. The standard InChI is InChI=1S/C14H21N5O/c1-17(2)7-10-6-11(20)8-19(10)14-13-12(4-5-15-14)18(3)9-16-13/h4-5,9-11,20H,6-8H2,1-3H3. The molecular formula is C14H21N5O. The topological polar surface area (TPSA) is 57.4 Å². The number of aliphatic hydroxyl groups is 1. The van der Waals surface area contributed by atoms with Crippen LogP contribution >= 0.6 is 0 Å². The Kier molecular flexibility index (Phi) is 3.35. The fourth-order valence-electron chi connectivity index (χ4n) is 3.00. The molecule has 6 heteroatoms. The monoisotopic (exact) mass is 275 g/mol. The summed E-state index contributed by atoms with van der Waals surface area (Å²) < 4.78 is 1.99. The van der Waals surface area contributed by atoms with E-state index in [0.717, 1.165) is 29.8 Å². The number of aliphatic hydroxyl groups excluding tert-OH is 1. The molecule has 2 atom stereocenters. The van der Waals surface area contributed by atoms with Crippen molar-refractivity contribution < 1.29 is 5.11 Å². The van der Waals surface area contributed by atoms with Gasteiger partial charge in [0, 0.05) is 32.4 Å². The lowest BCUT2D eigenvalue weighted by molar-refractivity contribution is 0.191. The van der Waals surface area contributed by atoms with E-state index in [9.17, 15) is 5.11 Å². The number of aromatic nitrogens is 3. The number of fused-ring (bicyclic) bond motifs is 1. The summed E-state index contributed by atoms with van der Waals surface area (Å²) in [7, 11) is 6.09. The number of nitrogens with zero attached hydrogens (tertiary/aromatic N) is 5. The maximum atomic E-state index is 10.0. The molecule has 1 aliphatic rings. The van der Waals surface area contributed by atoms with E-state index in [1.807, 2.05) is 30.2 Å². The molecule has 1 saturated heterocycles. The van der Waals surface area contributed by atoms with Crippen LogP contribution in [0.4, 0.5) is 5.82 Å². The van der Waals surface area contributed by atoms with Gasteiger partial charge in [-0.3, -0.25) is 0 Å². The van der Waals surface area contributed by atoms with Crippen molar-refractivity contribution in [3.63, 3.8) is 0 Å². The Balaban J connectivity index is 2.00. The highest BCUT2D eigenvalue weighted by atomic mass is 16.3. The smallest absolute Gasteiger partial charge is 0.157 e. The quantitative estimate of drug-likeness (QED) is 0.882. The Labute approximate surface area is 118 Å². The van der Waals surface area contributed by atoms with Crippen molar-refractivity contribution in [1.29, 1.82) is 0 Å². The first kappa shape index (κ1) is 13.3. The van der Waals surface area contributed by atoms with E-state index in [2.05, 4.69) is 33.9 Å². The third-order valence-electron chi connectivity index (χ3n) is 3.86. The van der Waals surface area contributed by atoms with Crippen LogP contribution in [-0.4, -0.2) is 63.9 Å². The first-order valence-electron chi connectivity index (χ1n) is 6.91. The van der Waals surface area contributed by atoms with Crippen molar-refractivity contribution in [2.24, 2.45) is 7.05 Å². The van der Waals surface area contributed by atoms with Crippen molar-refractivity contribution in [2.75, 3.05) is 32.1 Å². The molecule has 3 heterocycles. The Morgan fingerprint density at radius 1 is 1.40 bits per heavy atom. The van der Waals surface area contributed by atoms with Gasteiger partial charge in [0.05, 0.1) is 17.9 Å². The highest BCUT2D eigenvalue weighted by Crippen LogP contribution is 2.29. The Hall–Kier alpha value is -1.66. The molecule has 1 fully saturated rings. The predicted octanol–water partition coefficient (Wildman–Crippen LogP) is 0.469. The van der Waals surface area contributed by atoms with Crippen molar-refractivity contribution in [3.8, 4) is 0 Å². The van der Waals surface area contributed by atoms with Gasteiger partial charge in [-0.1, -0.05) is 0 Å².